The van der Waals surface area contributed by atoms with Gasteiger partial charge >= 0.3 is 0 Å². The molecular formula is C13H15NO2. The number of carbonyl (C=O) groups is 1. The lowest BCUT2D eigenvalue weighted by atomic mass is 10.2. The number of amides is 1. The van der Waals surface area contributed by atoms with E-state index in [2.05, 4.69) is 0 Å². The second-order valence-corrected chi connectivity index (χ2v) is 2.88. The van der Waals surface area contributed by atoms with E-state index in [9.17, 15) is 4.79 Å². The highest BCUT2D eigenvalue weighted by Gasteiger charge is 1.93. The van der Waals surface area contributed by atoms with Crippen LogP contribution in [0, 0.1) is 0 Å². The van der Waals surface area contributed by atoms with Gasteiger partial charge in [0.25, 0.3) is 0 Å². The highest BCUT2D eigenvalue weighted by molar-refractivity contribution is 5.92. The molecule has 0 aliphatic rings. The molecule has 0 aromatic heterocycles. The molecule has 4 N–H and O–H groups in total. The third kappa shape index (κ3) is 5.57. The van der Waals surface area contributed by atoms with Crippen LogP contribution in [0.2, 0.25) is 0 Å². The monoisotopic (exact) mass is 217 g/mol. The first kappa shape index (κ1) is 13.9. The molecule has 0 spiro atoms. The molecule has 0 bridgehead atoms. The van der Waals surface area contributed by atoms with Gasteiger partial charge in [-0.15, -0.1) is 0 Å². The first-order valence-corrected chi connectivity index (χ1v) is 4.65. The largest absolute Gasteiger partial charge is 0.412 e. The lowest BCUT2D eigenvalue weighted by Gasteiger charge is -1.89. The van der Waals surface area contributed by atoms with Crippen molar-refractivity contribution in [2.24, 2.45) is 5.73 Å². The Bertz CT molecular complexity index is 360. The van der Waals surface area contributed by atoms with Crippen LogP contribution in [0.15, 0.2) is 66.7 Å². The maximum Gasteiger partial charge on any atom is 0.248 e. The molecule has 0 heterocycles. The van der Waals surface area contributed by atoms with Crippen LogP contribution in [0.4, 0.5) is 0 Å². The molecule has 0 saturated carbocycles. The highest BCUT2D eigenvalue weighted by Crippen LogP contribution is 1.94. The van der Waals surface area contributed by atoms with Gasteiger partial charge in [0.1, 0.15) is 0 Å². The summed E-state index contributed by atoms with van der Waals surface area (Å²) in [7, 11) is 0. The van der Waals surface area contributed by atoms with Crippen LogP contribution >= 0.6 is 0 Å². The zero-order valence-electron chi connectivity index (χ0n) is 8.84. The second-order valence-electron chi connectivity index (χ2n) is 2.88. The summed E-state index contributed by atoms with van der Waals surface area (Å²) in [6, 6.07) is 20.8. The third-order valence-corrected chi connectivity index (χ3v) is 1.72. The Labute approximate surface area is 94.8 Å². The molecule has 0 saturated heterocycles. The zero-order valence-corrected chi connectivity index (χ0v) is 8.84. The summed E-state index contributed by atoms with van der Waals surface area (Å²) in [6.07, 6.45) is 0. The fraction of sp³-hybridized carbons (Fsp3) is 0. The Hall–Kier alpha value is -2.13. The molecule has 0 fully saturated rings. The van der Waals surface area contributed by atoms with Gasteiger partial charge in [-0.1, -0.05) is 54.6 Å². The minimum absolute atomic E-state index is 0. The first-order valence-electron chi connectivity index (χ1n) is 4.65. The van der Waals surface area contributed by atoms with Gasteiger partial charge in [0.05, 0.1) is 0 Å². The van der Waals surface area contributed by atoms with Gasteiger partial charge in [-0.3, -0.25) is 4.79 Å². The molecule has 3 nitrogen and oxygen atoms in total. The fourth-order valence-electron chi connectivity index (χ4n) is 0.987. The van der Waals surface area contributed by atoms with Crippen molar-refractivity contribution in [2.45, 2.75) is 0 Å². The second kappa shape index (κ2) is 8.20. The Kier molecular flexibility index (Phi) is 7.11. The molecular weight excluding hydrogens is 202 g/mol. The molecule has 16 heavy (non-hydrogen) atoms. The van der Waals surface area contributed by atoms with Gasteiger partial charge in [-0.25, -0.2) is 0 Å². The van der Waals surface area contributed by atoms with Crippen molar-refractivity contribution in [3.63, 3.8) is 0 Å². The lowest BCUT2D eigenvalue weighted by molar-refractivity contribution is 0.100. The van der Waals surface area contributed by atoms with E-state index in [1.807, 2.05) is 42.5 Å². The Morgan fingerprint density at radius 1 is 0.750 bits per heavy atom. The smallest absolute Gasteiger partial charge is 0.248 e. The average molecular weight is 217 g/mol. The summed E-state index contributed by atoms with van der Waals surface area (Å²) in [5.41, 5.74) is 5.53. The standard InChI is InChI=1S/C7H7NO.C6H6.H2O/c8-7(9)6-4-2-1-3-5-6;1-2-4-6-5-3-1;/h1-5H,(H2,8,9);1-6H;1H2. The van der Waals surface area contributed by atoms with Crippen molar-refractivity contribution in [1.82, 2.24) is 0 Å². The van der Waals surface area contributed by atoms with Crippen molar-refractivity contribution in [2.75, 3.05) is 0 Å². The highest BCUT2D eigenvalue weighted by atomic mass is 16.1. The summed E-state index contributed by atoms with van der Waals surface area (Å²) in [5.74, 6) is -0.379. The van der Waals surface area contributed by atoms with E-state index in [1.165, 1.54) is 0 Å². The number of rotatable bonds is 1. The molecule has 0 unspecified atom stereocenters. The maximum atomic E-state index is 10.4. The Balaban J connectivity index is 0.000000283. The normalized spacial score (nSPS) is 8.00. The predicted octanol–water partition coefficient (Wildman–Crippen LogP) is 1.65. The molecule has 2 rings (SSSR count). The topological polar surface area (TPSA) is 74.6 Å². The molecule has 0 radical (unpaired) electrons. The van der Waals surface area contributed by atoms with Gasteiger partial charge in [0.15, 0.2) is 0 Å². The van der Waals surface area contributed by atoms with Crippen LogP contribution in [0.25, 0.3) is 0 Å². The number of carbonyl (C=O) groups excluding carboxylic acids is 1. The average Bonchev–Trinajstić information content (AvgIpc) is 2.33. The van der Waals surface area contributed by atoms with Gasteiger partial charge in [0, 0.05) is 5.56 Å². The van der Waals surface area contributed by atoms with E-state index in [0.29, 0.717) is 5.56 Å². The van der Waals surface area contributed by atoms with Crippen LogP contribution in [0.1, 0.15) is 10.4 Å². The molecule has 2 aromatic carbocycles. The minimum Gasteiger partial charge on any atom is -0.412 e. The van der Waals surface area contributed by atoms with Crippen LogP contribution in [-0.2, 0) is 0 Å². The molecule has 0 atom stereocenters. The van der Waals surface area contributed by atoms with Gasteiger partial charge in [-0.05, 0) is 12.1 Å². The van der Waals surface area contributed by atoms with Gasteiger partial charge in [-0.2, -0.15) is 0 Å². The number of nitrogens with two attached hydrogens (primary N) is 1. The molecule has 3 heteroatoms. The predicted molar refractivity (Wildman–Crippen MR) is 65.0 cm³/mol. The number of primary amides is 1. The summed E-state index contributed by atoms with van der Waals surface area (Å²) in [6.45, 7) is 0. The summed E-state index contributed by atoms with van der Waals surface area (Å²) >= 11 is 0. The number of benzene rings is 2. The van der Waals surface area contributed by atoms with E-state index >= 15 is 0 Å². The van der Waals surface area contributed by atoms with E-state index in [4.69, 9.17) is 5.73 Å². The van der Waals surface area contributed by atoms with Crippen molar-refractivity contribution in [3.05, 3.63) is 72.3 Å². The lowest BCUT2D eigenvalue weighted by Crippen LogP contribution is -2.09. The maximum absolute atomic E-state index is 10.4. The summed E-state index contributed by atoms with van der Waals surface area (Å²) in [5, 5.41) is 0. The van der Waals surface area contributed by atoms with E-state index < -0.39 is 0 Å². The SMILES string of the molecule is NC(=O)c1ccccc1.O.c1ccccc1. The van der Waals surface area contributed by atoms with Crippen LogP contribution in [0.3, 0.4) is 0 Å². The van der Waals surface area contributed by atoms with Crippen LogP contribution in [0.5, 0.6) is 0 Å². The van der Waals surface area contributed by atoms with E-state index in [0.717, 1.165) is 0 Å². The van der Waals surface area contributed by atoms with Crippen molar-refractivity contribution in [1.29, 1.82) is 0 Å². The zero-order chi connectivity index (χ0) is 10.9. The molecule has 0 aliphatic carbocycles. The minimum atomic E-state index is -0.379. The van der Waals surface area contributed by atoms with E-state index in [1.54, 1.807) is 24.3 Å². The van der Waals surface area contributed by atoms with E-state index in [-0.39, 0.29) is 11.4 Å². The molecule has 2 aromatic rings. The first-order chi connectivity index (χ1) is 7.30. The number of hydrogen-bond acceptors (Lipinski definition) is 1. The van der Waals surface area contributed by atoms with Crippen LogP contribution < -0.4 is 5.73 Å². The number of hydrogen-bond donors (Lipinski definition) is 1. The quantitative estimate of drug-likeness (QED) is 0.774. The van der Waals surface area contributed by atoms with Gasteiger partial charge in [0.2, 0.25) is 5.91 Å². The fourth-order valence-corrected chi connectivity index (χ4v) is 0.987. The van der Waals surface area contributed by atoms with Crippen LogP contribution in [-0.4, -0.2) is 11.4 Å². The molecule has 1 amide bonds. The summed E-state index contributed by atoms with van der Waals surface area (Å²) < 4.78 is 0. The molecule has 84 valence electrons. The van der Waals surface area contributed by atoms with Crippen molar-refractivity contribution >= 4 is 5.91 Å². The van der Waals surface area contributed by atoms with Crippen molar-refractivity contribution < 1.29 is 10.3 Å². The Morgan fingerprint density at radius 3 is 1.31 bits per heavy atom. The Morgan fingerprint density at radius 2 is 1.06 bits per heavy atom. The van der Waals surface area contributed by atoms with Crippen molar-refractivity contribution in [3.8, 4) is 0 Å². The van der Waals surface area contributed by atoms with Gasteiger partial charge < -0.3 is 11.2 Å². The molecule has 0 aliphatic heterocycles. The third-order valence-electron chi connectivity index (χ3n) is 1.72. The summed E-state index contributed by atoms with van der Waals surface area (Å²) in [4.78, 5) is 10.4.